The molecule has 0 radical (unpaired) electrons. The number of rotatable bonds is 9. The molecule has 8 heteroatoms. The summed E-state index contributed by atoms with van der Waals surface area (Å²) in [5.74, 6) is -0.701. The number of hydrogen-bond acceptors (Lipinski definition) is 4. The number of carbonyl (C=O) groups is 2. The van der Waals surface area contributed by atoms with Gasteiger partial charge in [0.1, 0.15) is 12.6 Å². The van der Waals surface area contributed by atoms with E-state index >= 15 is 0 Å². The minimum Gasteiger partial charge on any atom is -0.350 e. The molecule has 1 unspecified atom stereocenters. The minimum absolute atomic E-state index is 0.194. The average Bonchev–Trinajstić information content (AvgIpc) is 2.72. The van der Waals surface area contributed by atoms with Gasteiger partial charge in [0.2, 0.25) is 21.8 Å². The molecular weight excluding hydrogens is 462 g/mol. The van der Waals surface area contributed by atoms with Crippen LogP contribution in [0.4, 0.5) is 5.69 Å². The van der Waals surface area contributed by atoms with Crippen molar-refractivity contribution in [3.8, 4) is 0 Å². The first-order valence-electron chi connectivity index (χ1n) is 11.8. The highest BCUT2D eigenvalue weighted by atomic mass is 32.2. The number of carbonyl (C=O) groups excluding carboxylic acids is 2. The van der Waals surface area contributed by atoms with Gasteiger partial charge in [-0.1, -0.05) is 55.0 Å². The van der Waals surface area contributed by atoms with E-state index in [1.54, 1.807) is 0 Å². The lowest BCUT2D eigenvalue weighted by Crippen LogP contribution is -2.55. The fraction of sp³-hybridized carbons (Fsp3) is 0.481. The molecule has 0 aromatic heterocycles. The van der Waals surface area contributed by atoms with E-state index in [2.05, 4.69) is 5.32 Å². The molecule has 0 aliphatic heterocycles. The maximum absolute atomic E-state index is 13.8. The largest absolute Gasteiger partial charge is 0.350 e. The summed E-state index contributed by atoms with van der Waals surface area (Å²) in [6.45, 7) is 12.9. The normalized spacial score (nSPS) is 12.7. The van der Waals surface area contributed by atoms with Gasteiger partial charge in [0.25, 0.3) is 0 Å². The van der Waals surface area contributed by atoms with Gasteiger partial charge in [0.05, 0.1) is 11.9 Å². The molecule has 2 aromatic carbocycles. The van der Waals surface area contributed by atoms with Crippen molar-refractivity contribution in [1.82, 2.24) is 10.2 Å². The molecule has 2 aromatic rings. The van der Waals surface area contributed by atoms with E-state index in [1.807, 2.05) is 90.9 Å². The van der Waals surface area contributed by atoms with Gasteiger partial charge in [-0.2, -0.15) is 0 Å². The average molecular weight is 502 g/mol. The van der Waals surface area contributed by atoms with Crippen molar-refractivity contribution in [2.45, 2.75) is 73.0 Å². The van der Waals surface area contributed by atoms with Gasteiger partial charge in [-0.05, 0) is 64.7 Å². The zero-order chi connectivity index (χ0) is 26.6. The lowest BCUT2D eigenvalue weighted by molar-refractivity contribution is -0.141. The maximum Gasteiger partial charge on any atom is 0.244 e. The Morgan fingerprint density at radius 1 is 0.971 bits per heavy atom. The second kappa shape index (κ2) is 11.2. The zero-order valence-corrected chi connectivity index (χ0v) is 23.0. The van der Waals surface area contributed by atoms with Crippen molar-refractivity contribution < 1.29 is 18.0 Å². The van der Waals surface area contributed by atoms with Gasteiger partial charge in [0.15, 0.2) is 0 Å². The number of para-hydroxylation sites is 1. The zero-order valence-electron chi connectivity index (χ0n) is 22.2. The summed E-state index contributed by atoms with van der Waals surface area (Å²) in [7, 11) is -3.77. The molecule has 1 N–H and O–H groups in total. The summed E-state index contributed by atoms with van der Waals surface area (Å²) in [6.07, 6.45) is 1.49. The lowest BCUT2D eigenvalue weighted by Gasteiger charge is -2.35. The molecule has 0 aliphatic carbocycles. The number of benzene rings is 2. The molecule has 2 rings (SSSR count). The van der Waals surface area contributed by atoms with Gasteiger partial charge < -0.3 is 10.2 Å². The van der Waals surface area contributed by atoms with Crippen LogP contribution in [0.1, 0.15) is 56.4 Å². The summed E-state index contributed by atoms with van der Waals surface area (Å²) in [6, 6.07) is 12.5. The van der Waals surface area contributed by atoms with Gasteiger partial charge in [0, 0.05) is 12.1 Å². The van der Waals surface area contributed by atoms with E-state index in [4.69, 9.17) is 0 Å². The Hall–Kier alpha value is -2.87. The molecule has 0 saturated heterocycles. The molecule has 1 atom stereocenters. The number of sulfonamides is 1. The Kier molecular flexibility index (Phi) is 9.11. The monoisotopic (exact) mass is 501 g/mol. The molecule has 192 valence electrons. The molecule has 2 amide bonds. The van der Waals surface area contributed by atoms with Gasteiger partial charge in [-0.3, -0.25) is 13.9 Å². The molecule has 7 nitrogen and oxygen atoms in total. The molecule has 0 saturated carbocycles. The number of nitrogens with one attached hydrogen (secondary N) is 1. The van der Waals surface area contributed by atoms with Crippen LogP contribution in [0, 0.1) is 20.8 Å². The predicted octanol–water partition coefficient (Wildman–Crippen LogP) is 4.10. The van der Waals surface area contributed by atoms with E-state index in [9.17, 15) is 18.0 Å². The van der Waals surface area contributed by atoms with E-state index in [0.717, 1.165) is 32.8 Å². The Labute approximate surface area is 210 Å². The maximum atomic E-state index is 13.8. The van der Waals surface area contributed by atoms with Crippen molar-refractivity contribution in [3.63, 3.8) is 0 Å². The van der Waals surface area contributed by atoms with Crippen molar-refractivity contribution in [3.05, 3.63) is 64.7 Å². The fourth-order valence-corrected chi connectivity index (χ4v) is 5.00. The third kappa shape index (κ3) is 7.82. The highest BCUT2D eigenvalue weighted by Gasteiger charge is 2.33. The van der Waals surface area contributed by atoms with Crippen LogP contribution in [-0.4, -0.2) is 49.5 Å². The summed E-state index contributed by atoms with van der Waals surface area (Å²) in [5.41, 5.74) is 3.48. The van der Waals surface area contributed by atoms with Crippen LogP contribution in [0.15, 0.2) is 42.5 Å². The SMILES string of the molecule is CCC(C(=O)NC(C)(C)C)N(Cc1ccc(C)cc1)C(=O)CN(c1c(C)cccc1C)S(C)(=O)=O. The Morgan fingerprint density at radius 3 is 1.97 bits per heavy atom. The molecule has 0 bridgehead atoms. The van der Waals surface area contributed by atoms with Gasteiger partial charge in [-0.25, -0.2) is 8.42 Å². The molecule has 0 spiro atoms. The summed E-state index contributed by atoms with van der Waals surface area (Å²) < 4.78 is 26.8. The third-order valence-electron chi connectivity index (χ3n) is 5.73. The van der Waals surface area contributed by atoms with Crippen LogP contribution >= 0.6 is 0 Å². The van der Waals surface area contributed by atoms with Crippen LogP contribution in [-0.2, 0) is 26.2 Å². The second-order valence-electron chi connectivity index (χ2n) is 10.2. The van der Waals surface area contributed by atoms with Gasteiger partial charge in [-0.15, -0.1) is 0 Å². The van der Waals surface area contributed by atoms with Crippen molar-refractivity contribution in [2.24, 2.45) is 0 Å². The van der Waals surface area contributed by atoms with E-state index < -0.39 is 34.1 Å². The van der Waals surface area contributed by atoms with Crippen LogP contribution in [0.2, 0.25) is 0 Å². The lowest BCUT2D eigenvalue weighted by atomic mass is 10.0. The Bertz CT molecular complexity index is 1130. The first kappa shape index (κ1) is 28.4. The Morgan fingerprint density at radius 2 is 1.51 bits per heavy atom. The van der Waals surface area contributed by atoms with E-state index in [0.29, 0.717) is 12.1 Å². The van der Waals surface area contributed by atoms with E-state index in [-0.39, 0.29) is 12.5 Å². The standard InChI is InChI=1S/C27H39N3O4S/c1-9-23(26(32)28-27(5,6)7)29(17-22-15-13-19(2)14-16-22)24(31)18-30(35(8,33)34)25-20(3)11-10-12-21(25)4/h10-16,23H,9,17-18H2,1-8H3,(H,28,32). The number of aryl methyl sites for hydroxylation is 3. The number of nitrogens with zero attached hydrogens (tertiary/aromatic N) is 2. The topological polar surface area (TPSA) is 86.8 Å². The smallest absolute Gasteiger partial charge is 0.244 e. The molecule has 0 fully saturated rings. The van der Waals surface area contributed by atoms with Crippen LogP contribution in [0.5, 0.6) is 0 Å². The highest BCUT2D eigenvalue weighted by Crippen LogP contribution is 2.27. The highest BCUT2D eigenvalue weighted by molar-refractivity contribution is 7.92. The summed E-state index contributed by atoms with van der Waals surface area (Å²) in [5, 5.41) is 2.97. The Balaban J connectivity index is 2.51. The molecule has 0 heterocycles. The first-order valence-corrected chi connectivity index (χ1v) is 13.7. The van der Waals surface area contributed by atoms with Crippen LogP contribution < -0.4 is 9.62 Å². The molecule has 35 heavy (non-hydrogen) atoms. The predicted molar refractivity (Wildman–Crippen MR) is 142 cm³/mol. The fourth-order valence-electron chi connectivity index (χ4n) is 4.04. The number of amides is 2. The van der Waals surface area contributed by atoms with Gasteiger partial charge >= 0.3 is 0 Å². The first-order chi connectivity index (χ1) is 16.1. The van der Waals surface area contributed by atoms with Crippen LogP contribution in [0.3, 0.4) is 0 Å². The second-order valence-corrected chi connectivity index (χ2v) is 12.1. The summed E-state index contributed by atoms with van der Waals surface area (Å²) >= 11 is 0. The van der Waals surface area contributed by atoms with Crippen molar-refractivity contribution >= 4 is 27.5 Å². The molecule has 0 aliphatic rings. The van der Waals surface area contributed by atoms with E-state index in [1.165, 1.54) is 4.90 Å². The van der Waals surface area contributed by atoms with Crippen molar-refractivity contribution in [1.29, 1.82) is 0 Å². The third-order valence-corrected chi connectivity index (χ3v) is 6.84. The minimum atomic E-state index is -3.77. The number of hydrogen-bond donors (Lipinski definition) is 1. The summed E-state index contributed by atoms with van der Waals surface area (Å²) in [4.78, 5) is 28.5. The quantitative estimate of drug-likeness (QED) is 0.560. The number of anilines is 1. The van der Waals surface area contributed by atoms with Crippen LogP contribution in [0.25, 0.3) is 0 Å². The van der Waals surface area contributed by atoms with Crippen molar-refractivity contribution in [2.75, 3.05) is 17.1 Å². The molecular formula is C27H39N3O4S.